The van der Waals surface area contributed by atoms with E-state index >= 15 is 0 Å². The first-order valence-electron chi connectivity index (χ1n) is 11.6. The largest absolute Gasteiger partial charge is 0.423 e. The van der Waals surface area contributed by atoms with Gasteiger partial charge in [0.1, 0.15) is 5.75 Å². The molecule has 0 spiro atoms. The van der Waals surface area contributed by atoms with Crippen molar-refractivity contribution >= 4 is 35.6 Å². The molecule has 0 atom stereocenters. The lowest BCUT2D eigenvalue weighted by Gasteiger charge is -2.06. The van der Waals surface area contributed by atoms with Gasteiger partial charge in [-0.3, -0.25) is 9.59 Å². The van der Waals surface area contributed by atoms with Crippen LogP contribution in [0.15, 0.2) is 53.6 Å². The van der Waals surface area contributed by atoms with Gasteiger partial charge in [0.15, 0.2) is 0 Å². The normalized spacial score (nSPS) is 10.8. The Hall–Kier alpha value is -3.19. The third-order valence-corrected chi connectivity index (χ3v) is 5.26. The molecule has 0 unspecified atom stereocenters. The molecule has 34 heavy (non-hydrogen) atoms. The second kappa shape index (κ2) is 15.6. The SMILES string of the molecule is CCCCCCCCCC(=O)NCC(=O)N/N=C\c1cccc(OC(=O)c2ccc(Cl)cc2)c1. The summed E-state index contributed by atoms with van der Waals surface area (Å²) in [6.07, 6.45) is 9.81. The summed E-state index contributed by atoms with van der Waals surface area (Å²) in [5, 5.41) is 7.02. The molecular weight excluding hydrogens is 454 g/mol. The van der Waals surface area contributed by atoms with Gasteiger partial charge in [0.05, 0.1) is 18.3 Å². The van der Waals surface area contributed by atoms with Crippen LogP contribution in [0.3, 0.4) is 0 Å². The second-order valence-electron chi connectivity index (χ2n) is 7.91. The zero-order valence-electron chi connectivity index (χ0n) is 19.5. The molecule has 0 aromatic heterocycles. The van der Waals surface area contributed by atoms with Gasteiger partial charge in [0, 0.05) is 11.4 Å². The van der Waals surface area contributed by atoms with E-state index in [2.05, 4.69) is 22.8 Å². The molecule has 7 nitrogen and oxygen atoms in total. The number of amides is 2. The van der Waals surface area contributed by atoms with Crippen LogP contribution in [0.25, 0.3) is 0 Å². The van der Waals surface area contributed by atoms with E-state index in [9.17, 15) is 14.4 Å². The molecule has 0 heterocycles. The first-order valence-corrected chi connectivity index (χ1v) is 12.0. The quantitative estimate of drug-likeness (QED) is 0.125. The van der Waals surface area contributed by atoms with Crippen molar-refractivity contribution in [2.75, 3.05) is 6.54 Å². The van der Waals surface area contributed by atoms with E-state index in [0.717, 1.165) is 19.3 Å². The highest BCUT2D eigenvalue weighted by atomic mass is 35.5. The first-order chi connectivity index (χ1) is 16.5. The number of unbranched alkanes of at least 4 members (excludes halogenated alkanes) is 6. The fourth-order valence-corrected chi connectivity index (χ4v) is 3.26. The van der Waals surface area contributed by atoms with Crippen LogP contribution >= 0.6 is 11.6 Å². The molecule has 0 saturated carbocycles. The Kier molecular flexibility index (Phi) is 12.4. The summed E-state index contributed by atoms with van der Waals surface area (Å²) in [4.78, 5) is 35.9. The van der Waals surface area contributed by atoms with Crippen molar-refractivity contribution in [2.24, 2.45) is 5.10 Å². The summed E-state index contributed by atoms with van der Waals surface area (Å²) in [5.74, 6) is -0.725. The van der Waals surface area contributed by atoms with Crippen LogP contribution in [0.2, 0.25) is 5.02 Å². The molecule has 0 aliphatic heterocycles. The number of halogens is 1. The van der Waals surface area contributed by atoms with E-state index in [0.29, 0.717) is 28.3 Å². The average molecular weight is 486 g/mol. The van der Waals surface area contributed by atoms with Crippen LogP contribution in [-0.4, -0.2) is 30.5 Å². The third-order valence-electron chi connectivity index (χ3n) is 5.00. The lowest BCUT2D eigenvalue weighted by Crippen LogP contribution is -2.34. The van der Waals surface area contributed by atoms with Crippen LogP contribution in [-0.2, 0) is 9.59 Å². The average Bonchev–Trinajstić information content (AvgIpc) is 2.83. The van der Waals surface area contributed by atoms with Gasteiger partial charge < -0.3 is 10.1 Å². The van der Waals surface area contributed by atoms with Crippen molar-refractivity contribution in [3.8, 4) is 5.75 Å². The molecule has 2 aromatic rings. The Labute approximate surface area is 205 Å². The highest BCUT2D eigenvalue weighted by Crippen LogP contribution is 2.16. The highest BCUT2D eigenvalue weighted by Gasteiger charge is 2.09. The van der Waals surface area contributed by atoms with Crippen LogP contribution in [0.4, 0.5) is 0 Å². The van der Waals surface area contributed by atoms with E-state index in [4.69, 9.17) is 16.3 Å². The molecule has 0 aliphatic rings. The number of rotatable bonds is 14. The molecule has 182 valence electrons. The zero-order valence-corrected chi connectivity index (χ0v) is 20.3. The van der Waals surface area contributed by atoms with Gasteiger partial charge in [0.2, 0.25) is 5.91 Å². The number of nitrogens with zero attached hydrogens (tertiary/aromatic N) is 1. The second-order valence-corrected chi connectivity index (χ2v) is 8.35. The maximum atomic E-state index is 12.2. The number of esters is 1. The standard InChI is InChI=1S/C26H32ClN3O4/c1-2-3-4-5-6-7-8-12-24(31)28-19-25(32)30-29-18-20-10-9-11-23(17-20)34-26(33)21-13-15-22(27)16-14-21/h9-11,13-18H,2-8,12,19H2,1H3,(H,28,31)(H,30,32)/b29-18-. The van der Waals surface area contributed by atoms with Gasteiger partial charge >= 0.3 is 5.97 Å². The minimum Gasteiger partial charge on any atom is -0.423 e. The summed E-state index contributed by atoms with van der Waals surface area (Å²) in [6.45, 7) is 2.05. The fourth-order valence-electron chi connectivity index (χ4n) is 3.14. The number of ether oxygens (including phenoxy) is 1. The van der Waals surface area contributed by atoms with E-state index in [1.807, 2.05) is 0 Å². The molecule has 2 aromatic carbocycles. The molecule has 2 N–H and O–H groups in total. The molecule has 0 aliphatic carbocycles. The van der Waals surface area contributed by atoms with Crippen molar-refractivity contribution in [2.45, 2.75) is 58.3 Å². The maximum Gasteiger partial charge on any atom is 0.343 e. The van der Waals surface area contributed by atoms with E-state index in [1.165, 1.54) is 31.9 Å². The van der Waals surface area contributed by atoms with Crippen molar-refractivity contribution in [3.63, 3.8) is 0 Å². The Morgan fingerprint density at radius 2 is 1.65 bits per heavy atom. The number of carbonyl (C=O) groups is 3. The molecule has 2 amide bonds. The number of nitrogens with one attached hydrogen (secondary N) is 2. The Balaban J connectivity index is 1.67. The number of hydrazone groups is 1. The van der Waals surface area contributed by atoms with Gasteiger partial charge in [0.25, 0.3) is 5.91 Å². The summed E-state index contributed by atoms with van der Waals surface area (Å²) in [7, 11) is 0. The number of hydrogen-bond donors (Lipinski definition) is 2. The summed E-state index contributed by atoms with van der Waals surface area (Å²) in [6, 6.07) is 13.1. The Morgan fingerprint density at radius 3 is 2.38 bits per heavy atom. The molecule has 0 fully saturated rings. The molecule has 0 bridgehead atoms. The van der Waals surface area contributed by atoms with Crippen molar-refractivity contribution < 1.29 is 19.1 Å². The van der Waals surface area contributed by atoms with Gasteiger partial charge in [-0.05, 0) is 48.4 Å². The van der Waals surface area contributed by atoms with Gasteiger partial charge in [-0.15, -0.1) is 0 Å². The molecule has 0 radical (unpaired) electrons. The van der Waals surface area contributed by atoms with Crippen molar-refractivity contribution in [1.29, 1.82) is 0 Å². The molecule has 0 saturated heterocycles. The highest BCUT2D eigenvalue weighted by molar-refractivity contribution is 6.30. The maximum absolute atomic E-state index is 12.2. The lowest BCUT2D eigenvalue weighted by molar-refractivity contribution is -0.126. The molecule has 2 rings (SSSR count). The van der Waals surface area contributed by atoms with Crippen LogP contribution in [0.5, 0.6) is 5.75 Å². The van der Waals surface area contributed by atoms with E-state index in [-0.39, 0.29) is 12.5 Å². The van der Waals surface area contributed by atoms with E-state index < -0.39 is 11.9 Å². The number of carbonyl (C=O) groups excluding carboxylic acids is 3. The predicted molar refractivity (Wildman–Crippen MR) is 134 cm³/mol. The van der Waals surface area contributed by atoms with Gasteiger partial charge in [-0.1, -0.05) is 69.2 Å². The monoisotopic (exact) mass is 485 g/mol. The molecular formula is C26H32ClN3O4. The smallest absolute Gasteiger partial charge is 0.343 e. The van der Waals surface area contributed by atoms with Crippen LogP contribution < -0.4 is 15.5 Å². The predicted octanol–water partition coefficient (Wildman–Crippen LogP) is 5.27. The van der Waals surface area contributed by atoms with Gasteiger partial charge in [-0.2, -0.15) is 5.10 Å². The minimum atomic E-state index is -0.508. The van der Waals surface area contributed by atoms with Gasteiger partial charge in [-0.25, -0.2) is 10.2 Å². The number of benzene rings is 2. The topological polar surface area (TPSA) is 96.9 Å². The minimum absolute atomic E-state index is 0.134. The van der Waals surface area contributed by atoms with Crippen molar-refractivity contribution in [3.05, 3.63) is 64.7 Å². The Bertz CT molecular complexity index is 961. The first kappa shape index (κ1) is 27.1. The van der Waals surface area contributed by atoms with E-state index in [1.54, 1.807) is 48.5 Å². The van der Waals surface area contributed by atoms with Crippen LogP contribution in [0.1, 0.15) is 74.2 Å². The summed E-state index contributed by atoms with van der Waals surface area (Å²) >= 11 is 5.83. The third kappa shape index (κ3) is 11.1. The fraction of sp³-hybridized carbons (Fsp3) is 0.385. The summed E-state index contributed by atoms with van der Waals surface area (Å²) < 4.78 is 5.36. The number of hydrogen-bond acceptors (Lipinski definition) is 5. The Morgan fingerprint density at radius 1 is 0.941 bits per heavy atom. The van der Waals surface area contributed by atoms with Crippen molar-refractivity contribution in [1.82, 2.24) is 10.7 Å². The van der Waals surface area contributed by atoms with Crippen LogP contribution in [0, 0.1) is 0 Å². The zero-order chi connectivity index (χ0) is 24.6. The summed E-state index contributed by atoms with van der Waals surface area (Å²) in [5.41, 5.74) is 3.38. The lowest BCUT2D eigenvalue weighted by atomic mass is 10.1. The molecule has 8 heteroatoms.